The van der Waals surface area contributed by atoms with Crippen LogP contribution in [0, 0.1) is 9.39 Å². The van der Waals surface area contributed by atoms with E-state index in [1.165, 1.54) is 6.07 Å². The van der Waals surface area contributed by atoms with Gasteiger partial charge in [0.25, 0.3) is 0 Å². The van der Waals surface area contributed by atoms with E-state index in [0.29, 0.717) is 24.4 Å². The van der Waals surface area contributed by atoms with Crippen molar-refractivity contribution in [3.05, 3.63) is 79.9 Å². The zero-order chi connectivity index (χ0) is 21.3. The summed E-state index contributed by atoms with van der Waals surface area (Å²) in [5.41, 5.74) is 6.04. The van der Waals surface area contributed by atoms with Crippen LogP contribution in [0.4, 0.5) is 10.2 Å². The molecule has 6 heteroatoms. The number of amides is 1. The third kappa shape index (κ3) is 4.59. The van der Waals surface area contributed by atoms with Crippen LogP contribution in [-0.4, -0.2) is 15.9 Å². The molecule has 0 unspecified atom stereocenters. The number of allylic oxidation sites excluding steroid dienone is 1. The molecular weight excluding hydrogens is 492 g/mol. The lowest BCUT2D eigenvalue weighted by molar-refractivity contribution is -0.115. The summed E-state index contributed by atoms with van der Waals surface area (Å²) in [6.07, 6.45) is 3.54. The second-order valence-corrected chi connectivity index (χ2v) is 8.87. The molecule has 0 spiro atoms. The van der Waals surface area contributed by atoms with Crippen molar-refractivity contribution in [2.24, 2.45) is 0 Å². The number of anilines is 1. The van der Waals surface area contributed by atoms with Crippen molar-refractivity contribution in [3.8, 4) is 11.3 Å². The van der Waals surface area contributed by atoms with Crippen LogP contribution in [0.15, 0.2) is 48.0 Å². The summed E-state index contributed by atoms with van der Waals surface area (Å²) < 4.78 is 14.8. The molecule has 4 rings (SSSR count). The number of nitrogens with zero attached hydrogens (tertiary/aromatic N) is 2. The summed E-state index contributed by atoms with van der Waals surface area (Å²) in [6, 6.07) is 12.6. The van der Waals surface area contributed by atoms with E-state index in [1.807, 2.05) is 44.2 Å². The van der Waals surface area contributed by atoms with Gasteiger partial charge in [-0.2, -0.15) is 0 Å². The summed E-state index contributed by atoms with van der Waals surface area (Å²) in [5.74, 6) is 0.0948. The summed E-state index contributed by atoms with van der Waals surface area (Å²) in [7, 11) is 0. The molecule has 0 aliphatic heterocycles. The molecule has 1 aliphatic carbocycles. The average molecular weight is 513 g/mol. The van der Waals surface area contributed by atoms with E-state index >= 15 is 0 Å². The minimum atomic E-state index is -0.242. The summed E-state index contributed by atoms with van der Waals surface area (Å²) in [5, 5.41) is 2.94. The van der Waals surface area contributed by atoms with Gasteiger partial charge in [-0.15, -0.1) is 0 Å². The van der Waals surface area contributed by atoms with Crippen molar-refractivity contribution in [1.29, 1.82) is 0 Å². The normalized spacial score (nSPS) is 12.0. The van der Waals surface area contributed by atoms with Crippen molar-refractivity contribution >= 4 is 40.4 Å². The van der Waals surface area contributed by atoms with E-state index in [4.69, 9.17) is 9.97 Å². The minimum Gasteiger partial charge on any atom is -0.309 e. The molecular formula is C24H21FIN3O. The second-order valence-electron chi connectivity index (χ2n) is 7.63. The Hall–Kier alpha value is -2.61. The van der Waals surface area contributed by atoms with Gasteiger partial charge in [0.15, 0.2) is 5.82 Å². The molecule has 1 amide bonds. The number of aryl methyl sites for hydroxylation is 2. The predicted octanol–water partition coefficient (Wildman–Crippen LogP) is 5.59. The van der Waals surface area contributed by atoms with Gasteiger partial charge in [-0.1, -0.05) is 17.7 Å². The van der Waals surface area contributed by atoms with Crippen molar-refractivity contribution in [1.82, 2.24) is 9.97 Å². The van der Waals surface area contributed by atoms with Crippen LogP contribution in [0.3, 0.4) is 0 Å². The molecule has 30 heavy (non-hydrogen) atoms. The Balaban J connectivity index is 1.68. The molecule has 152 valence electrons. The van der Waals surface area contributed by atoms with Crippen molar-refractivity contribution in [2.75, 3.05) is 5.32 Å². The first kappa shape index (κ1) is 20.7. The Bertz CT molecular complexity index is 1150. The van der Waals surface area contributed by atoms with Crippen LogP contribution in [-0.2, 0) is 24.1 Å². The van der Waals surface area contributed by atoms with Crippen LogP contribution in [0.5, 0.6) is 0 Å². The Morgan fingerprint density at radius 1 is 1.13 bits per heavy atom. The molecule has 1 aliphatic rings. The van der Waals surface area contributed by atoms with Gasteiger partial charge in [0.05, 0.1) is 17.8 Å². The molecule has 0 fully saturated rings. The molecule has 4 nitrogen and oxygen atoms in total. The number of fused-ring (bicyclic) bond motifs is 3. The lowest BCUT2D eigenvalue weighted by atomic mass is 9.91. The van der Waals surface area contributed by atoms with E-state index in [1.54, 1.807) is 12.1 Å². The Morgan fingerprint density at radius 2 is 1.90 bits per heavy atom. The van der Waals surface area contributed by atoms with Crippen LogP contribution >= 0.6 is 22.6 Å². The first-order valence-corrected chi connectivity index (χ1v) is 10.9. The largest absolute Gasteiger partial charge is 0.309 e. The quantitative estimate of drug-likeness (QED) is 0.463. The van der Waals surface area contributed by atoms with Gasteiger partial charge in [0, 0.05) is 9.13 Å². The monoisotopic (exact) mass is 513 g/mol. The average Bonchev–Trinajstić information content (AvgIpc) is 2.69. The van der Waals surface area contributed by atoms with E-state index in [-0.39, 0.29) is 18.1 Å². The maximum absolute atomic E-state index is 13.6. The third-order valence-corrected chi connectivity index (χ3v) is 5.63. The first-order chi connectivity index (χ1) is 14.4. The number of carbonyl (C=O) groups excluding carboxylic acids is 1. The summed E-state index contributed by atoms with van der Waals surface area (Å²) >= 11 is 2.24. The molecule has 1 heterocycles. The number of rotatable bonds is 4. The number of halogens is 2. The summed E-state index contributed by atoms with van der Waals surface area (Å²) in [6.45, 7) is 3.95. The summed E-state index contributed by atoms with van der Waals surface area (Å²) in [4.78, 5) is 22.2. The number of hydrogen-bond acceptors (Lipinski definition) is 3. The van der Waals surface area contributed by atoms with E-state index < -0.39 is 0 Å². The topological polar surface area (TPSA) is 54.9 Å². The highest BCUT2D eigenvalue weighted by atomic mass is 127. The highest BCUT2D eigenvalue weighted by Gasteiger charge is 2.22. The van der Waals surface area contributed by atoms with Crippen molar-refractivity contribution < 1.29 is 9.18 Å². The molecule has 1 N–H and O–H groups in total. The van der Waals surface area contributed by atoms with Crippen LogP contribution in [0.25, 0.3) is 17.3 Å². The molecule has 3 aromatic rings. The number of hydrogen-bond donors (Lipinski definition) is 1. The van der Waals surface area contributed by atoms with Crippen molar-refractivity contribution in [3.63, 3.8) is 0 Å². The number of carbonyl (C=O) groups is 1. The second kappa shape index (κ2) is 8.63. The first-order valence-electron chi connectivity index (χ1n) is 9.78. The Kier molecular flexibility index (Phi) is 5.94. The smallest absolute Gasteiger partial charge is 0.230 e. The molecule has 0 bridgehead atoms. The van der Waals surface area contributed by atoms with Gasteiger partial charge in [-0.05, 0) is 96.8 Å². The fraction of sp³-hybridized carbons (Fsp3) is 0.208. The predicted molar refractivity (Wildman–Crippen MR) is 126 cm³/mol. The highest BCUT2D eigenvalue weighted by molar-refractivity contribution is 14.1. The lowest BCUT2D eigenvalue weighted by Crippen LogP contribution is -2.19. The third-order valence-electron chi connectivity index (χ3n) is 4.91. The highest BCUT2D eigenvalue weighted by Crippen LogP contribution is 2.33. The zero-order valence-electron chi connectivity index (χ0n) is 16.8. The molecule has 2 aromatic carbocycles. The number of benzene rings is 2. The molecule has 0 atom stereocenters. The molecule has 0 saturated carbocycles. The van der Waals surface area contributed by atoms with E-state index in [0.717, 1.165) is 37.2 Å². The standard InChI is InChI=1S/C24H21FIN3O/c1-14(2)11-21-24(29-22(30)12-15-3-7-18(26)8-4-15)28-20-10-5-16-13-17(25)6-9-19(16)23(20)27-21/h3-4,6-9,11,13H,5,10,12H2,1-2H3,(H,28,29,30). The van der Waals surface area contributed by atoms with Crippen molar-refractivity contribution in [2.45, 2.75) is 33.1 Å². The minimum absolute atomic E-state index is 0.132. The SMILES string of the molecule is CC(C)=Cc1nc2c(nc1NC(=O)Cc1ccc(I)cc1)CCc1cc(F)ccc1-2. The number of nitrogens with one attached hydrogen (secondary N) is 1. The van der Waals surface area contributed by atoms with Gasteiger partial charge >= 0.3 is 0 Å². The van der Waals surface area contributed by atoms with E-state index in [9.17, 15) is 9.18 Å². The van der Waals surface area contributed by atoms with Crippen LogP contribution in [0.1, 0.15) is 36.4 Å². The van der Waals surface area contributed by atoms with Gasteiger partial charge in [-0.25, -0.2) is 14.4 Å². The zero-order valence-corrected chi connectivity index (χ0v) is 19.0. The lowest BCUT2D eigenvalue weighted by Gasteiger charge is -2.20. The molecule has 0 saturated heterocycles. The van der Waals surface area contributed by atoms with Gasteiger partial charge in [0.2, 0.25) is 5.91 Å². The Morgan fingerprint density at radius 3 is 2.63 bits per heavy atom. The van der Waals surface area contributed by atoms with Crippen LogP contribution in [0.2, 0.25) is 0 Å². The number of aromatic nitrogens is 2. The molecule has 1 aromatic heterocycles. The van der Waals surface area contributed by atoms with E-state index in [2.05, 4.69) is 27.9 Å². The van der Waals surface area contributed by atoms with Crippen LogP contribution < -0.4 is 5.32 Å². The fourth-order valence-corrected chi connectivity index (χ4v) is 3.92. The van der Waals surface area contributed by atoms with Gasteiger partial charge in [0.1, 0.15) is 11.5 Å². The van der Waals surface area contributed by atoms with Gasteiger partial charge in [-0.3, -0.25) is 4.79 Å². The fourth-order valence-electron chi connectivity index (χ4n) is 3.56. The molecule has 0 radical (unpaired) electrons. The van der Waals surface area contributed by atoms with Gasteiger partial charge < -0.3 is 5.32 Å². The maximum Gasteiger partial charge on any atom is 0.230 e. The Labute approximate surface area is 188 Å². The maximum atomic E-state index is 13.6.